The Morgan fingerprint density at radius 1 is 1.23 bits per heavy atom. The Kier molecular flexibility index (Phi) is 3.82. The van der Waals surface area contributed by atoms with Crippen LogP contribution in [-0.2, 0) is 4.75 Å². The number of hydrogen-bond acceptors (Lipinski definition) is 2. The predicted octanol–water partition coefficient (Wildman–Crippen LogP) is 2.65. The molecule has 0 radical (unpaired) electrons. The molecule has 0 saturated heterocycles. The lowest BCUT2D eigenvalue weighted by Gasteiger charge is -2.24. The van der Waals surface area contributed by atoms with Gasteiger partial charge in [0.25, 0.3) is 0 Å². The minimum Gasteiger partial charge on any atom is -0.396 e. The number of benzene rings is 1. The van der Waals surface area contributed by atoms with E-state index < -0.39 is 0 Å². The summed E-state index contributed by atoms with van der Waals surface area (Å²) in [4.78, 5) is 0. The number of rotatable bonds is 4. The van der Waals surface area contributed by atoms with E-state index in [4.69, 9.17) is 5.11 Å². The molecule has 1 N–H and O–H groups in total. The van der Waals surface area contributed by atoms with Crippen molar-refractivity contribution in [1.29, 1.82) is 0 Å². The van der Waals surface area contributed by atoms with Crippen LogP contribution in [-0.4, -0.2) is 17.5 Å². The average Bonchev–Trinajstić information content (AvgIpc) is 2.16. The highest BCUT2D eigenvalue weighted by Gasteiger charge is 2.19. The molecule has 0 aliphatic carbocycles. The first kappa shape index (κ1) is 10.6. The molecule has 0 heterocycles. The van der Waals surface area contributed by atoms with E-state index in [1.54, 1.807) is 11.8 Å². The standard InChI is InChI=1S/C11H16OS/c1-11(2,13-9-8-12)10-6-4-3-5-7-10/h3-7,12H,8-9H2,1-2H3. The first-order chi connectivity index (χ1) is 6.17. The highest BCUT2D eigenvalue weighted by molar-refractivity contribution is 8.00. The van der Waals surface area contributed by atoms with Crippen LogP contribution in [0.2, 0.25) is 0 Å². The van der Waals surface area contributed by atoms with Crippen molar-refractivity contribution in [2.45, 2.75) is 18.6 Å². The van der Waals surface area contributed by atoms with Gasteiger partial charge in [0.05, 0.1) is 6.61 Å². The third-order valence-corrected chi connectivity index (χ3v) is 3.37. The van der Waals surface area contributed by atoms with E-state index in [9.17, 15) is 0 Å². The van der Waals surface area contributed by atoms with Crippen LogP contribution in [0.15, 0.2) is 30.3 Å². The predicted molar refractivity (Wildman–Crippen MR) is 59.0 cm³/mol. The summed E-state index contributed by atoms with van der Waals surface area (Å²) in [5.74, 6) is 0.794. The molecule has 0 spiro atoms. The Labute approximate surface area is 84.2 Å². The van der Waals surface area contributed by atoms with Crippen LogP contribution < -0.4 is 0 Å². The number of aliphatic hydroxyl groups excluding tert-OH is 1. The van der Waals surface area contributed by atoms with Crippen molar-refractivity contribution in [2.75, 3.05) is 12.4 Å². The number of thioether (sulfide) groups is 1. The summed E-state index contributed by atoms with van der Waals surface area (Å²) in [7, 11) is 0. The third-order valence-electron chi connectivity index (χ3n) is 2.02. The molecule has 2 heteroatoms. The molecule has 1 rings (SSSR count). The zero-order valence-electron chi connectivity index (χ0n) is 8.16. The van der Waals surface area contributed by atoms with Gasteiger partial charge in [-0.05, 0) is 19.4 Å². The zero-order valence-corrected chi connectivity index (χ0v) is 8.97. The highest BCUT2D eigenvalue weighted by Crippen LogP contribution is 2.34. The monoisotopic (exact) mass is 196 g/mol. The Bertz CT molecular complexity index is 244. The molecule has 13 heavy (non-hydrogen) atoms. The van der Waals surface area contributed by atoms with Crippen molar-refractivity contribution in [3.8, 4) is 0 Å². The molecule has 1 aromatic rings. The molecular formula is C11H16OS. The van der Waals surface area contributed by atoms with E-state index in [0.29, 0.717) is 0 Å². The van der Waals surface area contributed by atoms with E-state index in [1.807, 2.05) is 6.07 Å². The van der Waals surface area contributed by atoms with Gasteiger partial charge in [0.2, 0.25) is 0 Å². The SMILES string of the molecule is CC(C)(SCCO)c1ccccc1. The molecule has 0 bridgehead atoms. The maximum Gasteiger partial charge on any atom is 0.0522 e. The van der Waals surface area contributed by atoms with Gasteiger partial charge in [-0.1, -0.05) is 30.3 Å². The molecule has 0 saturated carbocycles. The van der Waals surface area contributed by atoms with Crippen LogP contribution in [0.3, 0.4) is 0 Å². The summed E-state index contributed by atoms with van der Waals surface area (Å²) in [5, 5.41) is 8.76. The van der Waals surface area contributed by atoms with E-state index >= 15 is 0 Å². The molecule has 0 aliphatic rings. The summed E-state index contributed by atoms with van der Waals surface area (Å²) in [6.07, 6.45) is 0. The van der Waals surface area contributed by atoms with E-state index in [1.165, 1.54) is 5.56 Å². The van der Waals surface area contributed by atoms with Crippen LogP contribution in [0.4, 0.5) is 0 Å². The molecule has 0 amide bonds. The first-order valence-electron chi connectivity index (χ1n) is 4.47. The normalized spacial score (nSPS) is 11.6. The Hall–Kier alpha value is -0.470. The Morgan fingerprint density at radius 2 is 1.85 bits per heavy atom. The molecule has 0 aliphatic heterocycles. The van der Waals surface area contributed by atoms with Gasteiger partial charge in [-0.25, -0.2) is 0 Å². The second-order valence-corrected chi connectivity index (χ2v) is 5.17. The first-order valence-corrected chi connectivity index (χ1v) is 5.46. The fraction of sp³-hybridized carbons (Fsp3) is 0.455. The molecule has 72 valence electrons. The number of hydrogen-bond donors (Lipinski definition) is 1. The minimum atomic E-state index is 0.101. The van der Waals surface area contributed by atoms with Gasteiger partial charge in [0, 0.05) is 10.5 Å². The van der Waals surface area contributed by atoms with Crippen molar-refractivity contribution in [2.24, 2.45) is 0 Å². The smallest absolute Gasteiger partial charge is 0.0522 e. The van der Waals surface area contributed by atoms with Gasteiger partial charge in [-0.15, -0.1) is 11.8 Å². The quantitative estimate of drug-likeness (QED) is 0.799. The van der Waals surface area contributed by atoms with E-state index in [2.05, 4.69) is 38.1 Å². The molecule has 0 aromatic heterocycles. The van der Waals surface area contributed by atoms with Crippen molar-refractivity contribution in [1.82, 2.24) is 0 Å². The second kappa shape index (κ2) is 4.68. The average molecular weight is 196 g/mol. The van der Waals surface area contributed by atoms with Crippen molar-refractivity contribution in [3.05, 3.63) is 35.9 Å². The second-order valence-electron chi connectivity index (χ2n) is 3.45. The summed E-state index contributed by atoms with van der Waals surface area (Å²) in [6, 6.07) is 10.4. The lowest BCUT2D eigenvalue weighted by Crippen LogP contribution is -2.13. The van der Waals surface area contributed by atoms with Gasteiger partial charge < -0.3 is 5.11 Å². The third kappa shape index (κ3) is 3.05. The summed E-state index contributed by atoms with van der Waals surface area (Å²) in [5.41, 5.74) is 1.31. The van der Waals surface area contributed by atoms with Gasteiger partial charge in [0.15, 0.2) is 0 Å². The van der Waals surface area contributed by atoms with Crippen LogP contribution >= 0.6 is 11.8 Å². The van der Waals surface area contributed by atoms with Crippen LogP contribution in [0.25, 0.3) is 0 Å². The summed E-state index contributed by atoms with van der Waals surface area (Å²) in [6.45, 7) is 4.62. The summed E-state index contributed by atoms with van der Waals surface area (Å²) >= 11 is 1.78. The lowest BCUT2D eigenvalue weighted by atomic mass is 10.0. The van der Waals surface area contributed by atoms with Gasteiger partial charge in [-0.3, -0.25) is 0 Å². The highest BCUT2D eigenvalue weighted by atomic mass is 32.2. The topological polar surface area (TPSA) is 20.2 Å². The maximum absolute atomic E-state index is 8.76. The van der Waals surface area contributed by atoms with Crippen molar-refractivity contribution >= 4 is 11.8 Å². The van der Waals surface area contributed by atoms with Crippen LogP contribution in [0.1, 0.15) is 19.4 Å². The largest absolute Gasteiger partial charge is 0.396 e. The fourth-order valence-electron chi connectivity index (χ4n) is 1.22. The summed E-state index contributed by atoms with van der Waals surface area (Å²) < 4.78 is 0.101. The van der Waals surface area contributed by atoms with Gasteiger partial charge >= 0.3 is 0 Å². The zero-order chi connectivity index (χ0) is 9.73. The Morgan fingerprint density at radius 3 is 2.38 bits per heavy atom. The molecule has 0 fully saturated rings. The van der Waals surface area contributed by atoms with Gasteiger partial charge in [-0.2, -0.15) is 0 Å². The molecular weight excluding hydrogens is 180 g/mol. The van der Waals surface area contributed by atoms with Crippen molar-refractivity contribution < 1.29 is 5.11 Å². The van der Waals surface area contributed by atoms with E-state index in [-0.39, 0.29) is 11.4 Å². The van der Waals surface area contributed by atoms with Crippen molar-refractivity contribution in [3.63, 3.8) is 0 Å². The van der Waals surface area contributed by atoms with Crippen LogP contribution in [0, 0.1) is 0 Å². The maximum atomic E-state index is 8.76. The molecule has 0 atom stereocenters. The molecule has 0 unspecified atom stereocenters. The van der Waals surface area contributed by atoms with Gasteiger partial charge in [0.1, 0.15) is 0 Å². The Balaban J connectivity index is 2.69. The lowest BCUT2D eigenvalue weighted by molar-refractivity contribution is 0.322. The van der Waals surface area contributed by atoms with Crippen LogP contribution in [0.5, 0.6) is 0 Å². The number of aliphatic hydroxyl groups is 1. The molecule has 1 nitrogen and oxygen atoms in total. The van der Waals surface area contributed by atoms with E-state index in [0.717, 1.165) is 5.75 Å². The fourth-order valence-corrected chi connectivity index (χ4v) is 2.13. The minimum absolute atomic E-state index is 0.101. The molecule has 1 aromatic carbocycles.